The fourth-order valence-corrected chi connectivity index (χ4v) is 3.31. The van der Waals surface area contributed by atoms with E-state index in [4.69, 9.17) is 4.74 Å². The monoisotopic (exact) mass is 338 g/mol. The average molecular weight is 339 g/mol. The van der Waals surface area contributed by atoms with Crippen LogP contribution < -0.4 is 5.32 Å². The average Bonchev–Trinajstić information content (AvgIpc) is 2.44. The molecule has 0 amide bonds. The van der Waals surface area contributed by atoms with E-state index in [1.807, 2.05) is 0 Å². The predicted molar refractivity (Wildman–Crippen MR) is 85.2 cm³/mol. The predicted octanol–water partition coefficient (Wildman–Crippen LogP) is 2.62. The van der Waals surface area contributed by atoms with Gasteiger partial charge in [0.05, 0.1) is 13.2 Å². The fraction of sp³-hybridized carbons (Fsp3) is 0.625. The van der Waals surface area contributed by atoms with E-state index in [0.717, 1.165) is 45.3 Å². The molecule has 1 aliphatic heterocycles. The fourth-order valence-electron chi connectivity index (χ4n) is 3.04. The first-order valence-corrected chi connectivity index (χ1v) is 8.39. The van der Waals surface area contributed by atoms with Gasteiger partial charge in [-0.2, -0.15) is 0 Å². The summed E-state index contributed by atoms with van der Waals surface area (Å²) in [5, 5.41) is 3.69. The van der Waals surface area contributed by atoms with Gasteiger partial charge in [0, 0.05) is 36.7 Å². The molecule has 0 radical (unpaired) electrons. The van der Waals surface area contributed by atoms with Crippen LogP contribution in [0.25, 0.3) is 0 Å². The van der Waals surface area contributed by atoms with Crippen LogP contribution in [0.4, 0.5) is 0 Å². The van der Waals surface area contributed by atoms with Crippen LogP contribution in [0.1, 0.15) is 24.3 Å². The van der Waals surface area contributed by atoms with E-state index in [1.165, 1.54) is 22.9 Å². The van der Waals surface area contributed by atoms with Gasteiger partial charge in [-0.15, -0.1) is 0 Å². The summed E-state index contributed by atoms with van der Waals surface area (Å²) in [7, 11) is 0. The van der Waals surface area contributed by atoms with Crippen molar-refractivity contribution in [2.75, 3.05) is 39.4 Å². The lowest BCUT2D eigenvalue weighted by Crippen LogP contribution is -2.45. The maximum Gasteiger partial charge on any atom is 0.0594 e. The number of halogens is 1. The van der Waals surface area contributed by atoms with Crippen molar-refractivity contribution in [1.29, 1.82) is 0 Å². The lowest BCUT2D eigenvalue weighted by atomic mass is 9.76. The summed E-state index contributed by atoms with van der Waals surface area (Å²) >= 11 is 3.49. The van der Waals surface area contributed by atoms with Crippen LogP contribution in [0.3, 0.4) is 0 Å². The van der Waals surface area contributed by atoms with Crippen LogP contribution in [0.15, 0.2) is 28.7 Å². The van der Waals surface area contributed by atoms with Crippen molar-refractivity contribution in [3.05, 3.63) is 34.3 Å². The summed E-state index contributed by atoms with van der Waals surface area (Å²) in [6.45, 7) is 6.24. The minimum absolute atomic E-state index is 0.713. The minimum atomic E-state index is 0.713. The normalized spacial score (nSPS) is 27.2. The number of hydrogen-bond acceptors (Lipinski definition) is 3. The molecule has 1 heterocycles. The first-order chi connectivity index (χ1) is 9.81. The zero-order valence-electron chi connectivity index (χ0n) is 11.9. The van der Waals surface area contributed by atoms with Gasteiger partial charge in [0.25, 0.3) is 0 Å². The lowest BCUT2D eigenvalue weighted by Gasteiger charge is -2.37. The topological polar surface area (TPSA) is 24.5 Å². The van der Waals surface area contributed by atoms with Crippen LogP contribution in [0.2, 0.25) is 0 Å². The van der Waals surface area contributed by atoms with Crippen molar-refractivity contribution in [1.82, 2.24) is 10.2 Å². The summed E-state index contributed by atoms with van der Waals surface area (Å²) < 4.78 is 6.53. The zero-order valence-corrected chi connectivity index (χ0v) is 13.4. The Morgan fingerprint density at radius 2 is 1.85 bits per heavy atom. The van der Waals surface area contributed by atoms with Crippen LogP contribution in [0.5, 0.6) is 0 Å². The highest BCUT2D eigenvalue weighted by molar-refractivity contribution is 9.10. The number of ether oxygens (including phenoxy) is 1. The number of nitrogens with zero attached hydrogens (tertiary/aromatic N) is 1. The highest BCUT2D eigenvalue weighted by Crippen LogP contribution is 2.37. The molecule has 1 saturated carbocycles. The number of rotatable bonds is 5. The van der Waals surface area contributed by atoms with E-state index in [1.54, 1.807) is 0 Å². The number of morpholine rings is 1. The molecule has 0 atom stereocenters. The van der Waals surface area contributed by atoms with Gasteiger partial charge in [0.1, 0.15) is 0 Å². The van der Waals surface area contributed by atoms with Crippen LogP contribution >= 0.6 is 15.9 Å². The molecule has 4 heteroatoms. The highest BCUT2D eigenvalue weighted by Gasteiger charge is 2.29. The Morgan fingerprint density at radius 3 is 2.55 bits per heavy atom. The summed E-state index contributed by atoms with van der Waals surface area (Å²) in [5.74, 6) is 0.754. The molecule has 1 aliphatic carbocycles. The minimum Gasteiger partial charge on any atom is -0.379 e. The highest BCUT2D eigenvalue weighted by atomic mass is 79.9. The second-order valence-electron chi connectivity index (χ2n) is 5.82. The summed E-state index contributed by atoms with van der Waals surface area (Å²) in [6.07, 6.45) is 2.56. The van der Waals surface area contributed by atoms with Gasteiger partial charge in [-0.05, 0) is 36.5 Å². The van der Waals surface area contributed by atoms with E-state index in [-0.39, 0.29) is 0 Å². The van der Waals surface area contributed by atoms with Crippen LogP contribution in [-0.2, 0) is 4.74 Å². The van der Waals surface area contributed by atoms with Gasteiger partial charge in [-0.1, -0.05) is 28.1 Å². The Labute approximate surface area is 129 Å². The SMILES string of the molecule is Brc1ccc(C2CC(NCCN3CCOCC3)C2)cc1. The van der Waals surface area contributed by atoms with Crippen molar-refractivity contribution in [3.8, 4) is 0 Å². The van der Waals surface area contributed by atoms with E-state index in [9.17, 15) is 0 Å². The standard InChI is InChI=1S/C16H23BrN2O/c17-15-3-1-13(2-4-15)14-11-16(12-14)18-5-6-19-7-9-20-10-8-19/h1-4,14,16,18H,5-12H2. The second kappa shape index (κ2) is 7.03. The Bertz CT molecular complexity index is 411. The summed E-state index contributed by atoms with van der Waals surface area (Å²) in [5.41, 5.74) is 1.49. The Kier molecular flexibility index (Phi) is 5.10. The molecule has 2 fully saturated rings. The Hall–Kier alpha value is -0.420. The molecular weight excluding hydrogens is 316 g/mol. The van der Waals surface area contributed by atoms with Crippen LogP contribution in [0, 0.1) is 0 Å². The van der Waals surface area contributed by atoms with Crippen molar-refractivity contribution < 1.29 is 4.74 Å². The number of benzene rings is 1. The largest absolute Gasteiger partial charge is 0.379 e. The first-order valence-electron chi connectivity index (χ1n) is 7.60. The molecule has 1 N–H and O–H groups in total. The van der Waals surface area contributed by atoms with Gasteiger partial charge in [0.2, 0.25) is 0 Å². The van der Waals surface area contributed by atoms with E-state index < -0.39 is 0 Å². The van der Waals surface area contributed by atoms with Gasteiger partial charge >= 0.3 is 0 Å². The number of hydrogen-bond donors (Lipinski definition) is 1. The first kappa shape index (κ1) is 14.5. The third-order valence-corrected chi connectivity index (χ3v) is 4.97. The molecule has 1 aromatic carbocycles. The molecule has 1 aromatic rings. The van der Waals surface area contributed by atoms with Gasteiger partial charge in [-0.25, -0.2) is 0 Å². The maximum absolute atomic E-state index is 5.37. The zero-order chi connectivity index (χ0) is 13.8. The van der Waals surface area contributed by atoms with Gasteiger partial charge in [-0.3, -0.25) is 4.90 Å². The van der Waals surface area contributed by atoms with Gasteiger partial charge < -0.3 is 10.1 Å². The quantitative estimate of drug-likeness (QED) is 0.893. The molecule has 1 saturated heterocycles. The molecule has 3 rings (SSSR count). The number of nitrogens with one attached hydrogen (secondary N) is 1. The smallest absolute Gasteiger partial charge is 0.0594 e. The van der Waals surface area contributed by atoms with Crippen molar-refractivity contribution in [2.45, 2.75) is 24.8 Å². The van der Waals surface area contributed by atoms with E-state index >= 15 is 0 Å². The third-order valence-electron chi connectivity index (χ3n) is 4.44. The second-order valence-corrected chi connectivity index (χ2v) is 6.74. The molecule has 0 spiro atoms. The molecule has 0 bridgehead atoms. The molecule has 3 nitrogen and oxygen atoms in total. The van der Waals surface area contributed by atoms with Crippen molar-refractivity contribution in [2.24, 2.45) is 0 Å². The molecule has 110 valence electrons. The summed E-state index contributed by atoms with van der Waals surface area (Å²) in [6, 6.07) is 9.50. The van der Waals surface area contributed by atoms with E-state index in [2.05, 4.69) is 50.4 Å². The van der Waals surface area contributed by atoms with Gasteiger partial charge in [0.15, 0.2) is 0 Å². The maximum atomic E-state index is 5.37. The molecule has 2 aliphatic rings. The Balaban J connectivity index is 1.33. The van der Waals surface area contributed by atoms with Crippen molar-refractivity contribution >= 4 is 15.9 Å². The van der Waals surface area contributed by atoms with E-state index in [0.29, 0.717) is 6.04 Å². The van der Waals surface area contributed by atoms with Crippen LogP contribution in [-0.4, -0.2) is 50.3 Å². The summed E-state index contributed by atoms with van der Waals surface area (Å²) in [4.78, 5) is 2.49. The molecule has 0 aromatic heterocycles. The lowest BCUT2D eigenvalue weighted by molar-refractivity contribution is 0.0376. The molecule has 0 unspecified atom stereocenters. The third kappa shape index (κ3) is 3.82. The molecular formula is C16H23BrN2O. The molecule has 20 heavy (non-hydrogen) atoms. The van der Waals surface area contributed by atoms with Crippen molar-refractivity contribution in [3.63, 3.8) is 0 Å². The Morgan fingerprint density at radius 1 is 1.15 bits per heavy atom.